The average Bonchev–Trinajstić information content (AvgIpc) is 3.02. The number of para-hydroxylation sites is 1. The molecule has 1 atom stereocenters. The van der Waals surface area contributed by atoms with Crippen LogP contribution >= 0.6 is 15.9 Å². The predicted octanol–water partition coefficient (Wildman–Crippen LogP) is 4.31. The third-order valence-corrected chi connectivity index (χ3v) is 5.25. The number of benzene rings is 2. The predicted molar refractivity (Wildman–Crippen MR) is 104 cm³/mol. The normalized spacial score (nSPS) is 12.0. The van der Waals surface area contributed by atoms with Crippen molar-refractivity contribution >= 4 is 38.7 Å². The average molecular weight is 415 g/mol. The summed E-state index contributed by atoms with van der Waals surface area (Å²) in [6.07, 6.45) is 0. The third-order valence-electron chi connectivity index (χ3n) is 4.43. The Morgan fingerprint density at radius 2 is 1.77 bits per heavy atom. The molecule has 26 heavy (non-hydrogen) atoms. The van der Waals surface area contributed by atoms with Crippen molar-refractivity contribution in [1.82, 2.24) is 9.88 Å². The van der Waals surface area contributed by atoms with Gasteiger partial charge in [0.25, 0.3) is 5.91 Å². The zero-order chi connectivity index (χ0) is 18.7. The summed E-state index contributed by atoms with van der Waals surface area (Å²) in [5.41, 5.74) is 2.15. The molecule has 1 unspecified atom stereocenters. The lowest BCUT2D eigenvalue weighted by Crippen LogP contribution is -2.33. The molecular weight excluding hydrogens is 396 g/mol. The van der Waals surface area contributed by atoms with Gasteiger partial charge in [0, 0.05) is 18.0 Å². The number of nitrogens with one attached hydrogen (secondary N) is 1. The van der Waals surface area contributed by atoms with Gasteiger partial charge in [-0.05, 0) is 34.5 Å². The van der Waals surface area contributed by atoms with Crippen LogP contribution in [0.2, 0.25) is 0 Å². The van der Waals surface area contributed by atoms with Crippen molar-refractivity contribution < 1.29 is 14.3 Å². The van der Waals surface area contributed by atoms with Gasteiger partial charge in [0.1, 0.15) is 5.69 Å². The number of H-pyrrole nitrogens is 1. The fraction of sp³-hybridized carbons (Fsp3) is 0.200. The quantitative estimate of drug-likeness (QED) is 0.632. The number of likely N-dealkylation sites (N-methyl/N-ethyl adjacent to an activating group) is 1. The molecule has 1 heterocycles. The van der Waals surface area contributed by atoms with Gasteiger partial charge in [0.15, 0.2) is 6.61 Å². The maximum absolute atomic E-state index is 12.4. The van der Waals surface area contributed by atoms with Crippen LogP contribution in [0.15, 0.2) is 59.1 Å². The summed E-state index contributed by atoms with van der Waals surface area (Å²) in [5, 5.41) is 0.889. The van der Waals surface area contributed by atoms with Crippen LogP contribution in [0, 0.1) is 0 Å². The number of esters is 1. The van der Waals surface area contributed by atoms with Gasteiger partial charge in [-0.25, -0.2) is 4.79 Å². The molecule has 2 aromatic carbocycles. The Kier molecular flexibility index (Phi) is 5.42. The fourth-order valence-corrected chi connectivity index (χ4v) is 3.33. The molecule has 0 aliphatic heterocycles. The van der Waals surface area contributed by atoms with Gasteiger partial charge in [0.05, 0.1) is 10.5 Å². The molecule has 0 saturated heterocycles. The van der Waals surface area contributed by atoms with Gasteiger partial charge in [-0.1, -0.05) is 48.5 Å². The van der Waals surface area contributed by atoms with Crippen molar-refractivity contribution in [3.8, 4) is 0 Å². The minimum atomic E-state index is -0.567. The van der Waals surface area contributed by atoms with Crippen LogP contribution in [-0.4, -0.2) is 35.4 Å². The third kappa shape index (κ3) is 3.65. The van der Waals surface area contributed by atoms with E-state index in [2.05, 4.69) is 20.9 Å². The molecule has 0 spiro atoms. The minimum Gasteiger partial charge on any atom is -0.451 e. The molecule has 0 aliphatic rings. The van der Waals surface area contributed by atoms with E-state index in [0.29, 0.717) is 10.2 Å². The Labute approximate surface area is 160 Å². The lowest BCUT2D eigenvalue weighted by atomic mass is 10.1. The van der Waals surface area contributed by atoms with Gasteiger partial charge < -0.3 is 14.6 Å². The lowest BCUT2D eigenvalue weighted by molar-refractivity contribution is -0.135. The molecule has 134 valence electrons. The van der Waals surface area contributed by atoms with Gasteiger partial charge in [-0.3, -0.25) is 4.79 Å². The first-order chi connectivity index (χ1) is 12.5. The molecule has 6 heteroatoms. The molecule has 0 aliphatic carbocycles. The SMILES string of the molecule is CC(c1ccccc1)N(C)C(=O)COC(=O)c1[nH]c2ccccc2c1Br. The molecule has 3 aromatic rings. The second kappa shape index (κ2) is 7.74. The van der Waals surface area contributed by atoms with Crippen LogP contribution in [0.25, 0.3) is 10.9 Å². The number of rotatable bonds is 5. The van der Waals surface area contributed by atoms with Crippen LogP contribution in [0.1, 0.15) is 29.0 Å². The van der Waals surface area contributed by atoms with E-state index in [9.17, 15) is 9.59 Å². The Morgan fingerprint density at radius 3 is 2.46 bits per heavy atom. The summed E-state index contributed by atoms with van der Waals surface area (Å²) in [6.45, 7) is 1.62. The van der Waals surface area contributed by atoms with Crippen LogP contribution in [0.5, 0.6) is 0 Å². The molecule has 0 saturated carbocycles. The highest BCUT2D eigenvalue weighted by Crippen LogP contribution is 2.28. The number of aromatic amines is 1. The van der Waals surface area contributed by atoms with E-state index in [4.69, 9.17) is 4.74 Å². The number of ether oxygens (including phenoxy) is 1. The number of fused-ring (bicyclic) bond motifs is 1. The number of amides is 1. The Balaban J connectivity index is 1.65. The van der Waals surface area contributed by atoms with Crippen molar-refractivity contribution in [1.29, 1.82) is 0 Å². The number of halogens is 1. The monoisotopic (exact) mass is 414 g/mol. The first-order valence-electron chi connectivity index (χ1n) is 8.23. The Morgan fingerprint density at radius 1 is 1.12 bits per heavy atom. The molecular formula is C20H19BrN2O3. The number of carbonyl (C=O) groups is 2. The van der Waals surface area contributed by atoms with E-state index in [-0.39, 0.29) is 18.6 Å². The van der Waals surface area contributed by atoms with E-state index in [1.807, 2.05) is 61.5 Å². The largest absolute Gasteiger partial charge is 0.451 e. The van der Waals surface area contributed by atoms with Crippen molar-refractivity contribution in [2.45, 2.75) is 13.0 Å². The van der Waals surface area contributed by atoms with E-state index in [1.165, 1.54) is 0 Å². The van der Waals surface area contributed by atoms with Crippen molar-refractivity contribution in [3.05, 3.63) is 70.3 Å². The zero-order valence-electron chi connectivity index (χ0n) is 14.5. The van der Waals surface area contributed by atoms with Gasteiger partial charge in [-0.2, -0.15) is 0 Å². The number of aromatic nitrogens is 1. The topological polar surface area (TPSA) is 62.4 Å². The lowest BCUT2D eigenvalue weighted by Gasteiger charge is -2.25. The van der Waals surface area contributed by atoms with E-state index >= 15 is 0 Å². The van der Waals surface area contributed by atoms with Crippen LogP contribution in [0.3, 0.4) is 0 Å². The van der Waals surface area contributed by atoms with Crippen LogP contribution in [-0.2, 0) is 9.53 Å². The molecule has 1 amide bonds. The summed E-state index contributed by atoms with van der Waals surface area (Å²) in [4.78, 5) is 29.3. The Hall–Kier alpha value is -2.60. The molecule has 1 aromatic heterocycles. The zero-order valence-corrected chi connectivity index (χ0v) is 16.1. The second-order valence-electron chi connectivity index (χ2n) is 6.03. The van der Waals surface area contributed by atoms with E-state index < -0.39 is 5.97 Å². The number of hydrogen-bond acceptors (Lipinski definition) is 3. The summed E-state index contributed by atoms with van der Waals surface area (Å²) < 4.78 is 5.85. The summed E-state index contributed by atoms with van der Waals surface area (Å²) in [5.74, 6) is -0.830. The fourth-order valence-electron chi connectivity index (χ4n) is 2.72. The molecule has 1 N–H and O–H groups in total. The highest BCUT2D eigenvalue weighted by atomic mass is 79.9. The molecule has 3 rings (SSSR count). The first-order valence-corrected chi connectivity index (χ1v) is 9.02. The van der Waals surface area contributed by atoms with Crippen molar-refractivity contribution in [2.75, 3.05) is 13.7 Å². The highest BCUT2D eigenvalue weighted by molar-refractivity contribution is 9.10. The Bertz CT molecular complexity index is 937. The maximum atomic E-state index is 12.4. The minimum absolute atomic E-state index is 0.109. The molecule has 0 fully saturated rings. The number of carbonyl (C=O) groups excluding carboxylic acids is 2. The van der Waals surface area contributed by atoms with Gasteiger partial charge in [0.2, 0.25) is 0 Å². The van der Waals surface area contributed by atoms with Gasteiger partial charge in [-0.15, -0.1) is 0 Å². The smallest absolute Gasteiger partial charge is 0.356 e. The number of nitrogens with zero attached hydrogens (tertiary/aromatic N) is 1. The van der Waals surface area contributed by atoms with E-state index in [1.54, 1.807) is 11.9 Å². The molecule has 0 bridgehead atoms. The standard InChI is InChI=1S/C20H19BrN2O3/c1-13(14-8-4-3-5-9-14)23(2)17(24)12-26-20(25)19-18(21)15-10-6-7-11-16(15)22-19/h3-11,13,22H,12H2,1-2H3. The number of hydrogen-bond donors (Lipinski definition) is 1. The molecule has 5 nitrogen and oxygen atoms in total. The second-order valence-corrected chi connectivity index (χ2v) is 6.82. The molecule has 0 radical (unpaired) electrons. The van der Waals surface area contributed by atoms with Crippen molar-refractivity contribution in [3.63, 3.8) is 0 Å². The summed E-state index contributed by atoms with van der Waals surface area (Å²) >= 11 is 3.41. The van der Waals surface area contributed by atoms with Gasteiger partial charge >= 0.3 is 5.97 Å². The summed E-state index contributed by atoms with van der Waals surface area (Å²) in [6, 6.07) is 17.1. The summed E-state index contributed by atoms with van der Waals surface area (Å²) in [7, 11) is 1.70. The van der Waals surface area contributed by atoms with Crippen LogP contribution < -0.4 is 0 Å². The first kappa shape index (κ1) is 18.2. The maximum Gasteiger partial charge on any atom is 0.356 e. The highest BCUT2D eigenvalue weighted by Gasteiger charge is 2.21. The van der Waals surface area contributed by atoms with Crippen molar-refractivity contribution in [2.24, 2.45) is 0 Å². The van der Waals surface area contributed by atoms with Crippen LogP contribution in [0.4, 0.5) is 0 Å². The van der Waals surface area contributed by atoms with E-state index in [0.717, 1.165) is 16.5 Å².